The van der Waals surface area contributed by atoms with E-state index >= 15 is 0 Å². The second kappa shape index (κ2) is 4.26. The minimum absolute atomic E-state index is 0.363. The molecule has 0 radical (unpaired) electrons. The van der Waals surface area contributed by atoms with Crippen molar-refractivity contribution in [2.45, 2.75) is 20.8 Å². The number of nitriles is 1. The fraction of sp³-hybridized carbons (Fsp3) is 0.250. The molecule has 0 aliphatic heterocycles. The first-order chi connectivity index (χ1) is 8.10. The molecule has 0 spiro atoms. The molecule has 0 aromatic carbocycles. The molecule has 2 aromatic rings. The fourth-order valence-corrected chi connectivity index (χ4v) is 1.62. The van der Waals surface area contributed by atoms with Gasteiger partial charge in [0.1, 0.15) is 11.8 Å². The molecule has 17 heavy (non-hydrogen) atoms. The molecule has 0 unspecified atom stereocenters. The van der Waals surface area contributed by atoms with Crippen molar-refractivity contribution >= 4 is 5.95 Å². The second-order valence-electron chi connectivity index (χ2n) is 3.89. The van der Waals surface area contributed by atoms with Gasteiger partial charge >= 0.3 is 0 Å². The Bertz CT molecular complexity index is 572. The van der Waals surface area contributed by atoms with Crippen LogP contribution in [0.5, 0.6) is 0 Å². The predicted molar refractivity (Wildman–Crippen MR) is 64.4 cm³/mol. The number of nitrogens with one attached hydrogen (secondary N) is 1. The highest BCUT2D eigenvalue weighted by Crippen LogP contribution is 2.09. The maximum Gasteiger partial charge on any atom is 0.243 e. The summed E-state index contributed by atoms with van der Waals surface area (Å²) in [5.74, 6) is 0.434. The maximum atomic E-state index is 8.85. The number of aryl methyl sites for hydroxylation is 3. The first kappa shape index (κ1) is 11.1. The zero-order valence-electron chi connectivity index (χ0n) is 10.0. The number of hydrogen-bond donors (Lipinski definition) is 1. The van der Waals surface area contributed by atoms with Crippen molar-refractivity contribution in [2.24, 2.45) is 0 Å². The molecule has 1 N–H and O–H groups in total. The summed E-state index contributed by atoms with van der Waals surface area (Å²) in [6.07, 6.45) is 0. The van der Waals surface area contributed by atoms with Crippen molar-refractivity contribution in [1.82, 2.24) is 14.6 Å². The highest BCUT2D eigenvalue weighted by molar-refractivity contribution is 5.34. The number of nitrogens with zero attached hydrogens (tertiary/aromatic N) is 4. The van der Waals surface area contributed by atoms with Crippen LogP contribution in [0.25, 0.3) is 0 Å². The van der Waals surface area contributed by atoms with Gasteiger partial charge in [0.2, 0.25) is 5.95 Å². The predicted octanol–water partition coefficient (Wildman–Crippen LogP) is 1.95. The van der Waals surface area contributed by atoms with Gasteiger partial charge in [-0.1, -0.05) is 0 Å². The Labute approximate surface area is 99.7 Å². The molecule has 2 heterocycles. The van der Waals surface area contributed by atoms with Gasteiger partial charge in [-0.25, -0.2) is 9.97 Å². The van der Waals surface area contributed by atoms with Gasteiger partial charge < -0.3 is 0 Å². The molecule has 0 atom stereocenters. The van der Waals surface area contributed by atoms with E-state index in [-0.39, 0.29) is 0 Å². The second-order valence-corrected chi connectivity index (χ2v) is 3.89. The lowest BCUT2D eigenvalue weighted by Crippen LogP contribution is -2.15. The van der Waals surface area contributed by atoms with Gasteiger partial charge in [0.25, 0.3) is 0 Å². The van der Waals surface area contributed by atoms with Crippen LogP contribution in [-0.4, -0.2) is 14.6 Å². The molecule has 86 valence electrons. The molecule has 0 bridgehead atoms. The zero-order valence-corrected chi connectivity index (χ0v) is 10.0. The maximum absolute atomic E-state index is 8.85. The minimum Gasteiger partial charge on any atom is -0.262 e. The quantitative estimate of drug-likeness (QED) is 0.851. The highest BCUT2D eigenvalue weighted by atomic mass is 15.5. The molecule has 2 rings (SSSR count). The van der Waals surface area contributed by atoms with Crippen LogP contribution in [0.1, 0.15) is 22.8 Å². The first-order valence-corrected chi connectivity index (χ1v) is 5.28. The van der Waals surface area contributed by atoms with Gasteiger partial charge in [-0.2, -0.15) is 5.26 Å². The van der Waals surface area contributed by atoms with Gasteiger partial charge in [-0.05, 0) is 39.0 Å². The average molecular weight is 227 g/mol. The van der Waals surface area contributed by atoms with E-state index in [0.29, 0.717) is 11.6 Å². The first-order valence-electron chi connectivity index (χ1n) is 5.28. The Morgan fingerprint density at radius 3 is 2.41 bits per heavy atom. The molecule has 5 nitrogen and oxygen atoms in total. The van der Waals surface area contributed by atoms with Crippen molar-refractivity contribution in [1.29, 1.82) is 5.26 Å². The largest absolute Gasteiger partial charge is 0.262 e. The van der Waals surface area contributed by atoms with E-state index in [1.54, 1.807) is 6.07 Å². The summed E-state index contributed by atoms with van der Waals surface area (Å²) in [5.41, 5.74) is 6.33. The van der Waals surface area contributed by atoms with Gasteiger partial charge in [0.15, 0.2) is 0 Å². The van der Waals surface area contributed by atoms with Crippen LogP contribution < -0.4 is 5.43 Å². The summed E-state index contributed by atoms with van der Waals surface area (Å²) in [7, 11) is 0. The van der Waals surface area contributed by atoms with Crippen molar-refractivity contribution in [3.8, 4) is 6.07 Å². The number of anilines is 1. The van der Waals surface area contributed by atoms with Gasteiger partial charge in [0.05, 0.1) is 0 Å². The van der Waals surface area contributed by atoms with Crippen LogP contribution >= 0.6 is 0 Å². The lowest BCUT2D eigenvalue weighted by Gasteiger charge is -2.11. The van der Waals surface area contributed by atoms with E-state index in [1.807, 2.05) is 43.6 Å². The van der Waals surface area contributed by atoms with Crippen LogP contribution in [-0.2, 0) is 0 Å². The Hall–Kier alpha value is -2.35. The number of aromatic nitrogens is 3. The van der Waals surface area contributed by atoms with Crippen molar-refractivity contribution < 1.29 is 0 Å². The van der Waals surface area contributed by atoms with Gasteiger partial charge in [0, 0.05) is 17.1 Å². The fourth-order valence-electron chi connectivity index (χ4n) is 1.62. The molecule has 2 aromatic heterocycles. The van der Waals surface area contributed by atoms with E-state index in [0.717, 1.165) is 17.1 Å². The van der Waals surface area contributed by atoms with Crippen molar-refractivity contribution in [3.63, 3.8) is 0 Å². The van der Waals surface area contributed by atoms with E-state index < -0.39 is 0 Å². The molecule has 0 saturated carbocycles. The standard InChI is InChI=1S/C12H13N5/c1-8-6-11(7-13)15-12(14-8)16-17-9(2)4-5-10(17)3/h4-6H,1-3H3,(H,14,15,16). The normalized spacial score (nSPS) is 10.0. The van der Waals surface area contributed by atoms with Crippen molar-refractivity contribution in [3.05, 3.63) is 41.0 Å². The molecule has 0 aliphatic rings. The molecule has 0 amide bonds. The van der Waals surface area contributed by atoms with Gasteiger partial charge in [-0.15, -0.1) is 0 Å². The highest BCUT2D eigenvalue weighted by Gasteiger charge is 2.05. The molecule has 0 saturated heterocycles. The molecule has 0 fully saturated rings. The smallest absolute Gasteiger partial charge is 0.243 e. The van der Waals surface area contributed by atoms with Crippen LogP contribution in [0, 0.1) is 32.1 Å². The minimum atomic E-state index is 0.363. The Morgan fingerprint density at radius 1 is 1.18 bits per heavy atom. The summed E-state index contributed by atoms with van der Waals surface area (Å²) < 4.78 is 1.88. The van der Waals surface area contributed by atoms with E-state index in [1.165, 1.54) is 0 Å². The molecular formula is C12H13N5. The monoisotopic (exact) mass is 227 g/mol. The third kappa shape index (κ3) is 2.26. The summed E-state index contributed by atoms with van der Waals surface area (Å²) in [6.45, 7) is 5.81. The van der Waals surface area contributed by atoms with Crippen LogP contribution in [0.15, 0.2) is 18.2 Å². The van der Waals surface area contributed by atoms with Crippen LogP contribution in [0.3, 0.4) is 0 Å². The summed E-state index contributed by atoms with van der Waals surface area (Å²) in [6, 6.07) is 7.68. The molecule has 0 aliphatic carbocycles. The van der Waals surface area contributed by atoms with Crippen molar-refractivity contribution in [2.75, 3.05) is 5.43 Å². The topological polar surface area (TPSA) is 66.5 Å². The zero-order chi connectivity index (χ0) is 12.4. The molecular weight excluding hydrogens is 214 g/mol. The Morgan fingerprint density at radius 2 is 1.82 bits per heavy atom. The summed E-state index contributed by atoms with van der Waals surface area (Å²) in [5, 5.41) is 8.85. The lowest BCUT2D eigenvalue weighted by atomic mass is 10.3. The third-order valence-electron chi connectivity index (χ3n) is 2.45. The van der Waals surface area contributed by atoms with Crippen LogP contribution in [0.4, 0.5) is 5.95 Å². The van der Waals surface area contributed by atoms with Crippen LogP contribution in [0.2, 0.25) is 0 Å². The van der Waals surface area contributed by atoms with E-state index in [4.69, 9.17) is 5.26 Å². The summed E-state index contributed by atoms with van der Waals surface area (Å²) in [4.78, 5) is 8.35. The summed E-state index contributed by atoms with van der Waals surface area (Å²) >= 11 is 0. The Kier molecular flexibility index (Phi) is 2.79. The van der Waals surface area contributed by atoms with E-state index in [9.17, 15) is 0 Å². The SMILES string of the molecule is Cc1cc(C#N)nc(Nn2c(C)ccc2C)n1. The number of hydrogen-bond acceptors (Lipinski definition) is 4. The van der Waals surface area contributed by atoms with Gasteiger partial charge in [-0.3, -0.25) is 10.1 Å². The van der Waals surface area contributed by atoms with E-state index in [2.05, 4.69) is 15.4 Å². The molecule has 5 heteroatoms. The lowest BCUT2D eigenvalue weighted by molar-refractivity contribution is 0.851. The average Bonchev–Trinajstić information content (AvgIpc) is 2.60. The Balaban J connectivity index is 2.37. The number of rotatable bonds is 2. The third-order valence-corrected chi connectivity index (χ3v) is 2.45.